The van der Waals surface area contributed by atoms with Gasteiger partial charge in [-0.1, -0.05) is 13.8 Å². The Morgan fingerprint density at radius 3 is 2.33 bits per heavy atom. The van der Waals surface area contributed by atoms with Gasteiger partial charge in [-0.2, -0.15) is 0 Å². The van der Waals surface area contributed by atoms with Gasteiger partial charge in [0.05, 0.1) is 6.20 Å². The first kappa shape index (κ1) is 14.8. The molecule has 4 heteroatoms. The van der Waals surface area contributed by atoms with Crippen LogP contribution in [-0.2, 0) is 13.1 Å². The second-order valence-electron chi connectivity index (χ2n) is 4.58. The van der Waals surface area contributed by atoms with E-state index in [-0.39, 0.29) is 11.2 Å². The number of hydrogen-bond acceptors (Lipinski definition) is 3. The van der Waals surface area contributed by atoms with Gasteiger partial charge < -0.3 is 9.67 Å². The molecule has 1 aromatic rings. The minimum absolute atomic E-state index is 0.168. The quantitative estimate of drug-likeness (QED) is 0.809. The minimum atomic E-state index is -0.289. The van der Waals surface area contributed by atoms with Gasteiger partial charge in [0.1, 0.15) is 0 Å². The highest BCUT2D eigenvalue weighted by Gasteiger charge is 2.09. The second-order valence-corrected chi connectivity index (χ2v) is 4.58. The van der Waals surface area contributed by atoms with Gasteiger partial charge in [0.25, 0.3) is 0 Å². The molecule has 0 spiro atoms. The van der Waals surface area contributed by atoms with Gasteiger partial charge in [0.2, 0.25) is 5.43 Å². The molecular weight excluding hydrogens is 228 g/mol. The molecule has 0 aromatic carbocycles. The first-order valence-electron chi connectivity index (χ1n) is 6.77. The third-order valence-electron chi connectivity index (χ3n) is 3.00. The van der Waals surface area contributed by atoms with Crippen LogP contribution >= 0.6 is 0 Å². The Kier molecular flexibility index (Phi) is 5.92. The molecular formula is C14H24N2O2. The molecule has 1 N–H and O–H groups in total. The fourth-order valence-corrected chi connectivity index (χ4v) is 2.16. The number of aryl methyl sites for hydroxylation is 1. The van der Waals surface area contributed by atoms with Crippen LogP contribution in [0.15, 0.2) is 17.1 Å². The molecule has 0 atom stereocenters. The summed E-state index contributed by atoms with van der Waals surface area (Å²) >= 11 is 0. The Labute approximate surface area is 109 Å². The molecule has 0 saturated carbocycles. The van der Waals surface area contributed by atoms with Crippen LogP contribution in [0, 0.1) is 0 Å². The van der Waals surface area contributed by atoms with Gasteiger partial charge >= 0.3 is 0 Å². The molecule has 18 heavy (non-hydrogen) atoms. The van der Waals surface area contributed by atoms with Crippen molar-refractivity contribution in [2.45, 2.75) is 46.7 Å². The van der Waals surface area contributed by atoms with Gasteiger partial charge in [-0.3, -0.25) is 9.69 Å². The zero-order valence-electron chi connectivity index (χ0n) is 11.6. The summed E-state index contributed by atoms with van der Waals surface area (Å²) in [4.78, 5) is 13.9. The number of hydrogen-bond donors (Lipinski definition) is 1. The lowest BCUT2D eigenvalue weighted by Gasteiger charge is -2.23. The number of rotatable bonds is 7. The Bertz CT molecular complexity index is 420. The third-order valence-corrected chi connectivity index (χ3v) is 3.00. The zero-order valence-corrected chi connectivity index (χ0v) is 11.6. The largest absolute Gasteiger partial charge is 0.503 e. The topological polar surface area (TPSA) is 45.5 Å². The maximum Gasteiger partial charge on any atom is 0.223 e. The third kappa shape index (κ3) is 3.88. The Morgan fingerprint density at radius 2 is 1.83 bits per heavy atom. The SMILES string of the molecule is CCCN(CCC)Cc1cc(=O)c(O)cn1CC. The van der Waals surface area contributed by atoms with E-state index in [4.69, 9.17) is 0 Å². The van der Waals surface area contributed by atoms with E-state index in [0.29, 0.717) is 0 Å². The van der Waals surface area contributed by atoms with E-state index < -0.39 is 0 Å². The van der Waals surface area contributed by atoms with Gasteiger partial charge in [0.15, 0.2) is 5.75 Å². The zero-order chi connectivity index (χ0) is 13.5. The van der Waals surface area contributed by atoms with Crippen LogP contribution in [0.2, 0.25) is 0 Å². The van der Waals surface area contributed by atoms with Crippen molar-refractivity contribution in [2.24, 2.45) is 0 Å². The van der Waals surface area contributed by atoms with Crippen LogP contribution < -0.4 is 5.43 Å². The van der Waals surface area contributed by atoms with E-state index in [0.717, 1.165) is 44.7 Å². The van der Waals surface area contributed by atoms with Crippen molar-refractivity contribution < 1.29 is 5.11 Å². The lowest BCUT2D eigenvalue weighted by molar-refractivity contribution is 0.258. The monoisotopic (exact) mass is 252 g/mol. The van der Waals surface area contributed by atoms with Crippen LogP contribution in [0.4, 0.5) is 0 Å². The van der Waals surface area contributed by atoms with Crippen molar-refractivity contribution >= 4 is 0 Å². The molecule has 0 radical (unpaired) electrons. The summed E-state index contributed by atoms with van der Waals surface area (Å²) in [5.74, 6) is -0.168. The lowest BCUT2D eigenvalue weighted by atomic mass is 10.2. The fourth-order valence-electron chi connectivity index (χ4n) is 2.16. The smallest absolute Gasteiger partial charge is 0.223 e. The molecule has 4 nitrogen and oxygen atoms in total. The standard InChI is InChI=1S/C14H24N2O2/c1-4-7-15(8-5-2)10-12-9-13(17)14(18)11-16(12)6-3/h9,11,18H,4-8,10H2,1-3H3. The first-order chi connectivity index (χ1) is 8.62. The molecule has 0 bridgehead atoms. The maximum atomic E-state index is 11.5. The molecule has 0 amide bonds. The predicted octanol–water partition coefficient (Wildman–Crippen LogP) is 2.20. The first-order valence-corrected chi connectivity index (χ1v) is 6.77. The summed E-state index contributed by atoms with van der Waals surface area (Å²) in [5.41, 5.74) is 0.685. The van der Waals surface area contributed by atoms with E-state index in [9.17, 15) is 9.90 Å². The molecule has 0 fully saturated rings. The number of aromatic hydroxyl groups is 1. The summed E-state index contributed by atoms with van der Waals surface area (Å²) < 4.78 is 1.94. The summed E-state index contributed by atoms with van der Waals surface area (Å²) in [5, 5.41) is 9.45. The molecule has 0 aliphatic carbocycles. The van der Waals surface area contributed by atoms with Crippen molar-refractivity contribution in [3.63, 3.8) is 0 Å². The Hall–Kier alpha value is -1.29. The summed E-state index contributed by atoms with van der Waals surface area (Å²) in [6, 6.07) is 1.55. The summed E-state index contributed by atoms with van der Waals surface area (Å²) in [7, 11) is 0. The van der Waals surface area contributed by atoms with Crippen molar-refractivity contribution in [3.05, 3.63) is 28.2 Å². The van der Waals surface area contributed by atoms with Gasteiger partial charge in [-0.05, 0) is 32.9 Å². The molecule has 0 aliphatic heterocycles. The number of aromatic nitrogens is 1. The van der Waals surface area contributed by atoms with E-state index in [1.807, 2.05) is 11.5 Å². The number of nitrogens with zero attached hydrogens (tertiary/aromatic N) is 2. The van der Waals surface area contributed by atoms with E-state index in [1.165, 1.54) is 6.20 Å². The van der Waals surface area contributed by atoms with E-state index >= 15 is 0 Å². The van der Waals surface area contributed by atoms with Crippen LogP contribution in [0.25, 0.3) is 0 Å². The molecule has 0 unspecified atom stereocenters. The van der Waals surface area contributed by atoms with Crippen molar-refractivity contribution in [2.75, 3.05) is 13.1 Å². The summed E-state index contributed by atoms with van der Waals surface area (Å²) in [6.45, 7) is 9.93. The van der Waals surface area contributed by atoms with Crippen molar-refractivity contribution in [1.29, 1.82) is 0 Å². The fraction of sp³-hybridized carbons (Fsp3) is 0.643. The minimum Gasteiger partial charge on any atom is -0.503 e. The molecule has 0 saturated heterocycles. The van der Waals surface area contributed by atoms with Crippen LogP contribution in [0.5, 0.6) is 5.75 Å². The Morgan fingerprint density at radius 1 is 1.22 bits per heavy atom. The number of pyridine rings is 1. The highest BCUT2D eigenvalue weighted by Crippen LogP contribution is 2.09. The van der Waals surface area contributed by atoms with Crippen LogP contribution in [-0.4, -0.2) is 27.7 Å². The van der Waals surface area contributed by atoms with Crippen molar-refractivity contribution in [1.82, 2.24) is 9.47 Å². The molecule has 102 valence electrons. The molecule has 1 heterocycles. The Balaban J connectivity index is 2.93. The lowest BCUT2D eigenvalue weighted by Crippen LogP contribution is -2.27. The second kappa shape index (κ2) is 7.21. The van der Waals surface area contributed by atoms with Gasteiger partial charge in [-0.25, -0.2) is 0 Å². The highest BCUT2D eigenvalue weighted by molar-refractivity contribution is 5.20. The van der Waals surface area contributed by atoms with E-state index in [1.54, 1.807) is 6.07 Å². The van der Waals surface area contributed by atoms with E-state index in [2.05, 4.69) is 18.7 Å². The average Bonchev–Trinajstić information content (AvgIpc) is 2.34. The normalized spacial score (nSPS) is 11.1. The van der Waals surface area contributed by atoms with Gasteiger partial charge in [0, 0.05) is 24.8 Å². The van der Waals surface area contributed by atoms with Gasteiger partial charge in [-0.15, -0.1) is 0 Å². The molecule has 1 rings (SSSR count). The maximum absolute atomic E-state index is 11.5. The van der Waals surface area contributed by atoms with Crippen molar-refractivity contribution in [3.8, 4) is 5.75 Å². The van der Waals surface area contributed by atoms with Crippen LogP contribution in [0.3, 0.4) is 0 Å². The summed E-state index contributed by atoms with van der Waals surface area (Å²) in [6.07, 6.45) is 3.75. The van der Waals surface area contributed by atoms with Crippen LogP contribution in [0.1, 0.15) is 39.3 Å². The predicted molar refractivity (Wildman–Crippen MR) is 73.9 cm³/mol. The molecule has 0 aliphatic rings. The molecule has 1 aromatic heterocycles. The average molecular weight is 252 g/mol. The highest BCUT2D eigenvalue weighted by atomic mass is 16.3.